The first-order valence-corrected chi connectivity index (χ1v) is 10.8. The summed E-state index contributed by atoms with van der Waals surface area (Å²) >= 11 is 0. The number of hydrogen-bond acceptors (Lipinski definition) is 4. The number of amides is 1. The summed E-state index contributed by atoms with van der Waals surface area (Å²) in [4.78, 5) is 16.9. The number of nitrogens with one attached hydrogen (secondary N) is 1. The molecule has 2 heterocycles. The second-order valence-corrected chi connectivity index (χ2v) is 8.07. The molecule has 0 saturated heterocycles. The van der Waals surface area contributed by atoms with E-state index >= 15 is 0 Å². The molecule has 0 radical (unpaired) electrons. The number of nitrogens with zero attached hydrogens (tertiary/aromatic N) is 3. The van der Waals surface area contributed by atoms with Crippen LogP contribution in [-0.4, -0.2) is 27.0 Å². The zero-order chi connectivity index (χ0) is 25.2. The third kappa shape index (κ3) is 5.51. The molecule has 6 nitrogen and oxygen atoms in total. The van der Waals surface area contributed by atoms with Crippen molar-refractivity contribution in [2.75, 3.05) is 5.32 Å². The summed E-state index contributed by atoms with van der Waals surface area (Å²) in [5, 5.41) is 7.08. The number of hydrogen-bond donors (Lipinski definition) is 1. The molecule has 1 N–H and O–H groups in total. The molecule has 1 unspecified atom stereocenters. The molecular formula is C26H23F3N4O2. The molecule has 4 rings (SSSR count). The summed E-state index contributed by atoms with van der Waals surface area (Å²) in [7, 11) is 0. The van der Waals surface area contributed by atoms with E-state index in [1.54, 1.807) is 61.9 Å². The Balaban J connectivity index is 1.65. The predicted octanol–water partition coefficient (Wildman–Crippen LogP) is 6.30. The zero-order valence-electron chi connectivity index (χ0n) is 19.3. The maximum absolute atomic E-state index is 13.6. The lowest BCUT2D eigenvalue weighted by atomic mass is 10.1. The molecule has 0 bridgehead atoms. The molecule has 1 amide bonds. The van der Waals surface area contributed by atoms with Gasteiger partial charge in [0.15, 0.2) is 0 Å². The van der Waals surface area contributed by atoms with Crippen LogP contribution >= 0.6 is 0 Å². The van der Waals surface area contributed by atoms with Crippen LogP contribution in [0.2, 0.25) is 0 Å². The Hall–Kier alpha value is -4.14. The second-order valence-electron chi connectivity index (χ2n) is 8.07. The van der Waals surface area contributed by atoms with Crippen molar-refractivity contribution in [1.82, 2.24) is 14.8 Å². The first kappa shape index (κ1) is 24.0. The Morgan fingerprint density at radius 1 is 1.11 bits per heavy atom. The van der Waals surface area contributed by atoms with Crippen molar-refractivity contribution in [2.45, 2.75) is 33.1 Å². The number of benzene rings is 2. The van der Waals surface area contributed by atoms with Gasteiger partial charge in [-0.05, 0) is 55.0 Å². The molecule has 2 aromatic carbocycles. The SMILES string of the molecule is Cc1nn(-c2ccc(OC(C)F)c(-c3ccncc3)c2)cc1C(=O)Nc1cccc(C(C)(F)F)c1. The molecule has 0 spiro atoms. The monoisotopic (exact) mass is 480 g/mol. The van der Waals surface area contributed by atoms with E-state index in [0.29, 0.717) is 22.7 Å². The van der Waals surface area contributed by atoms with E-state index < -0.39 is 18.2 Å². The second kappa shape index (κ2) is 9.61. The maximum Gasteiger partial charge on any atom is 0.270 e. The van der Waals surface area contributed by atoms with Crippen molar-refractivity contribution in [1.29, 1.82) is 0 Å². The molecule has 35 heavy (non-hydrogen) atoms. The van der Waals surface area contributed by atoms with E-state index in [-0.39, 0.29) is 16.8 Å². The highest BCUT2D eigenvalue weighted by molar-refractivity contribution is 6.05. The standard InChI is InChI=1S/C26H23F3N4O2/c1-16-23(25(34)31-20-6-4-5-19(13-20)26(3,28)29)15-33(32-16)21-7-8-24(35-17(2)27)22(14-21)18-9-11-30-12-10-18/h4-15,17H,1-3H3,(H,31,34). The Morgan fingerprint density at radius 3 is 2.54 bits per heavy atom. The van der Waals surface area contributed by atoms with Crippen LogP contribution in [0.1, 0.15) is 35.5 Å². The smallest absolute Gasteiger partial charge is 0.270 e. The summed E-state index contributed by atoms with van der Waals surface area (Å²) < 4.78 is 47.7. The molecule has 0 aliphatic rings. The third-order valence-corrected chi connectivity index (χ3v) is 5.28. The zero-order valence-corrected chi connectivity index (χ0v) is 19.3. The van der Waals surface area contributed by atoms with Gasteiger partial charge in [-0.15, -0.1) is 0 Å². The van der Waals surface area contributed by atoms with E-state index in [0.717, 1.165) is 12.5 Å². The quantitative estimate of drug-likeness (QED) is 0.337. The number of ether oxygens (including phenoxy) is 1. The van der Waals surface area contributed by atoms with Gasteiger partial charge in [-0.1, -0.05) is 12.1 Å². The Labute approximate surface area is 200 Å². The number of carbonyl (C=O) groups is 1. The number of rotatable bonds is 7. The van der Waals surface area contributed by atoms with Crippen LogP contribution in [0.5, 0.6) is 5.75 Å². The van der Waals surface area contributed by atoms with Gasteiger partial charge < -0.3 is 10.1 Å². The van der Waals surface area contributed by atoms with E-state index in [1.165, 1.54) is 29.8 Å². The predicted molar refractivity (Wildman–Crippen MR) is 127 cm³/mol. The van der Waals surface area contributed by atoms with E-state index in [2.05, 4.69) is 15.4 Å². The van der Waals surface area contributed by atoms with Crippen molar-refractivity contribution in [3.8, 4) is 22.6 Å². The lowest BCUT2D eigenvalue weighted by Crippen LogP contribution is -2.14. The van der Waals surface area contributed by atoms with Gasteiger partial charge in [0.05, 0.1) is 16.9 Å². The fourth-order valence-corrected chi connectivity index (χ4v) is 3.58. The van der Waals surface area contributed by atoms with Gasteiger partial charge in [0.1, 0.15) is 5.75 Å². The largest absolute Gasteiger partial charge is 0.460 e. The number of aryl methyl sites for hydroxylation is 1. The van der Waals surface area contributed by atoms with Crippen molar-refractivity contribution in [2.24, 2.45) is 0 Å². The summed E-state index contributed by atoms with van der Waals surface area (Å²) in [6, 6.07) is 14.2. The van der Waals surface area contributed by atoms with Crippen LogP contribution in [0.25, 0.3) is 16.8 Å². The molecule has 1 atom stereocenters. The number of alkyl halides is 3. The molecule has 0 fully saturated rings. The van der Waals surface area contributed by atoms with Gasteiger partial charge in [-0.3, -0.25) is 9.78 Å². The average molecular weight is 480 g/mol. The first-order chi connectivity index (χ1) is 16.6. The molecular weight excluding hydrogens is 457 g/mol. The topological polar surface area (TPSA) is 69.0 Å². The minimum Gasteiger partial charge on any atom is -0.460 e. The summed E-state index contributed by atoms with van der Waals surface area (Å²) in [6.45, 7) is 3.77. The van der Waals surface area contributed by atoms with E-state index in [4.69, 9.17) is 4.74 Å². The normalized spacial score (nSPS) is 12.3. The number of aromatic nitrogens is 3. The number of anilines is 1. The fourth-order valence-electron chi connectivity index (χ4n) is 3.58. The van der Waals surface area contributed by atoms with Gasteiger partial charge in [-0.25, -0.2) is 17.9 Å². The van der Waals surface area contributed by atoms with E-state index in [9.17, 15) is 18.0 Å². The van der Waals surface area contributed by atoms with Crippen LogP contribution in [0.4, 0.5) is 18.9 Å². The Morgan fingerprint density at radius 2 is 1.86 bits per heavy atom. The van der Waals surface area contributed by atoms with Crippen LogP contribution in [0, 0.1) is 6.92 Å². The van der Waals surface area contributed by atoms with E-state index in [1.807, 2.05) is 0 Å². The lowest BCUT2D eigenvalue weighted by molar-refractivity contribution is 0.0175. The minimum absolute atomic E-state index is 0.198. The summed E-state index contributed by atoms with van der Waals surface area (Å²) in [5.41, 5.74) is 2.80. The van der Waals surface area contributed by atoms with Crippen molar-refractivity contribution >= 4 is 11.6 Å². The summed E-state index contributed by atoms with van der Waals surface area (Å²) in [5.74, 6) is -3.15. The highest BCUT2D eigenvalue weighted by atomic mass is 19.3. The van der Waals surface area contributed by atoms with Crippen molar-refractivity contribution < 1.29 is 22.7 Å². The van der Waals surface area contributed by atoms with Gasteiger partial charge in [0.25, 0.3) is 11.8 Å². The maximum atomic E-state index is 13.6. The fraction of sp³-hybridized carbons (Fsp3) is 0.192. The van der Waals surface area contributed by atoms with Gasteiger partial charge in [0.2, 0.25) is 6.36 Å². The van der Waals surface area contributed by atoms with Gasteiger partial charge in [-0.2, -0.15) is 5.10 Å². The number of halogens is 3. The molecule has 2 aromatic heterocycles. The van der Waals surface area contributed by atoms with Gasteiger partial charge in [0, 0.05) is 49.3 Å². The highest BCUT2D eigenvalue weighted by Crippen LogP contribution is 2.33. The van der Waals surface area contributed by atoms with Crippen molar-refractivity contribution in [3.05, 3.63) is 90.0 Å². The minimum atomic E-state index is -3.02. The Bertz CT molecular complexity index is 1350. The van der Waals surface area contributed by atoms with Crippen LogP contribution in [-0.2, 0) is 5.92 Å². The lowest BCUT2D eigenvalue weighted by Gasteiger charge is -2.14. The Kier molecular flexibility index (Phi) is 6.59. The van der Waals surface area contributed by atoms with Crippen molar-refractivity contribution in [3.63, 3.8) is 0 Å². The summed E-state index contributed by atoms with van der Waals surface area (Å²) in [6.07, 6.45) is 3.28. The number of carbonyl (C=O) groups excluding carboxylic acids is 1. The molecule has 0 aliphatic heterocycles. The molecule has 180 valence electrons. The average Bonchev–Trinajstić information content (AvgIpc) is 3.21. The van der Waals surface area contributed by atoms with Crippen LogP contribution in [0.3, 0.4) is 0 Å². The highest BCUT2D eigenvalue weighted by Gasteiger charge is 2.24. The van der Waals surface area contributed by atoms with Gasteiger partial charge >= 0.3 is 0 Å². The molecule has 0 saturated carbocycles. The first-order valence-electron chi connectivity index (χ1n) is 10.8. The molecule has 0 aliphatic carbocycles. The molecule has 4 aromatic rings. The number of pyridine rings is 1. The third-order valence-electron chi connectivity index (χ3n) is 5.28. The van der Waals surface area contributed by atoms with Crippen LogP contribution in [0.15, 0.2) is 73.2 Å². The van der Waals surface area contributed by atoms with Crippen LogP contribution < -0.4 is 10.1 Å². The molecule has 9 heteroatoms.